The van der Waals surface area contributed by atoms with Crippen LogP contribution in [-0.2, 0) is 4.79 Å². The topological polar surface area (TPSA) is 63.3 Å². The van der Waals surface area contributed by atoms with Crippen LogP contribution in [-0.4, -0.2) is 17.6 Å². The highest BCUT2D eigenvalue weighted by Gasteiger charge is 1.95. The smallest absolute Gasteiger partial charge is 0.330 e. The van der Waals surface area contributed by atoms with Gasteiger partial charge in [-0.1, -0.05) is 6.08 Å². The summed E-state index contributed by atoms with van der Waals surface area (Å²) in [5.74, 6) is -0.907. The average Bonchev–Trinajstić information content (AvgIpc) is 1.67. The minimum Gasteiger partial charge on any atom is -0.478 e. The SMILES string of the molecule is CC(=CCN)C(=O)O. The number of rotatable bonds is 2. The Kier molecular flexibility index (Phi) is 2.88. The molecule has 0 unspecified atom stereocenters. The molecule has 0 saturated carbocycles. The fourth-order valence-corrected chi connectivity index (χ4v) is 0.264. The average molecular weight is 115 g/mol. The number of nitrogens with two attached hydrogens (primary N) is 1. The quantitative estimate of drug-likeness (QED) is 0.497. The third kappa shape index (κ3) is 2.36. The predicted molar refractivity (Wildman–Crippen MR) is 30.4 cm³/mol. The molecule has 0 fully saturated rings. The summed E-state index contributed by atoms with van der Waals surface area (Å²) in [6.45, 7) is 1.80. The molecule has 0 atom stereocenters. The second-order valence-corrected chi connectivity index (χ2v) is 1.43. The van der Waals surface area contributed by atoms with Crippen molar-refractivity contribution >= 4 is 5.97 Å². The predicted octanol–water partition coefficient (Wildman–Crippen LogP) is -0.0240. The molecule has 0 aliphatic carbocycles. The van der Waals surface area contributed by atoms with Crippen LogP contribution in [0.1, 0.15) is 6.92 Å². The maximum absolute atomic E-state index is 9.97. The van der Waals surface area contributed by atoms with Gasteiger partial charge in [0.2, 0.25) is 0 Å². The molecule has 3 heteroatoms. The van der Waals surface area contributed by atoms with E-state index in [2.05, 4.69) is 0 Å². The van der Waals surface area contributed by atoms with E-state index in [4.69, 9.17) is 10.8 Å². The summed E-state index contributed by atoms with van der Waals surface area (Å²) in [6.07, 6.45) is 1.46. The van der Waals surface area contributed by atoms with Crippen molar-refractivity contribution in [1.82, 2.24) is 0 Å². The molecule has 3 nitrogen and oxygen atoms in total. The Bertz CT molecular complexity index is 118. The summed E-state index contributed by atoms with van der Waals surface area (Å²) >= 11 is 0. The first-order chi connectivity index (χ1) is 3.68. The Morgan fingerprint density at radius 3 is 2.50 bits per heavy atom. The van der Waals surface area contributed by atoms with Crippen molar-refractivity contribution < 1.29 is 9.90 Å². The molecule has 0 aliphatic heterocycles. The van der Waals surface area contributed by atoms with Crippen molar-refractivity contribution in [3.8, 4) is 0 Å². The van der Waals surface area contributed by atoms with Gasteiger partial charge in [0.25, 0.3) is 0 Å². The summed E-state index contributed by atoms with van der Waals surface area (Å²) in [5, 5.41) is 8.19. The number of carboxylic acids is 1. The van der Waals surface area contributed by atoms with Gasteiger partial charge in [0, 0.05) is 12.1 Å². The van der Waals surface area contributed by atoms with E-state index in [1.807, 2.05) is 0 Å². The molecule has 0 aromatic carbocycles. The van der Waals surface area contributed by atoms with Crippen molar-refractivity contribution in [3.05, 3.63) is 11.6 Å². The number of carboxylic acid groups (broad SMARTS) is 1. The van der Waals surface area contributed by atoms with E-state index >= 15 is 0 Å². The zero-order chi connectivity index (χ0) is 6.57. The number of aliphatic carboxylic acids is 1. The van der Waals surface area contributed by atoms with Crippen LogP contribution >= 0.6 is 0 Å². The van der Waals surface area contributed by atoms with Gasteiger partial charge in [-0.15, -0.1) is 0 Å². The fourth-order valence-electron chi connectivity index (χ4n) is 0.264. The van der Waals surface area contributed by atoms with Crippen LogP contribution in [0.15, 0.2) is 11.6 Å². The van der Waals surface area contributed by atoms with E-state index in [9.17, 15) is 4.79 Å². The van der Waals surface area contributed by atoms with Gasteiger partial charge in [-0.05, 0) is 6.92 Å². The minimum atomic E-state index is -0.907. The minimum absolute atomic E-state index is 0.290. The third-order valence-electron chi connectivity index (χ3n) is 0.761. The Balaban J connectivity index is 3.80. The van der Waals surface area contributed by atoms with Crippen molar-refractivity contribution in [2.45, 2.75) is 6.92 Å². The molecular formula is C5H9NO2. The lowest BCUT2D eigenvalue weighted by Crippen LogP contribution is -2.01. The Morgan fingerprint density at radius 1 is 1.88 bits per heavy atom. The maximum Gasteiger partial charge on any atom is 0.330 e. The van der Waals surface area contributed by atoms with Gasteiger partial charge < -0.3 is 10.8 Å². The van der Waals surface area contributed by atoms with E-state index in [1.165, 1.54) is 13.0 Å². The largest absolute Gasteiger partial charge is 0.478 e. The Labute approximate surface area is 47.8 Å². The highest BCUT2D eigenvalue weighted by atomic mass is 16.4. The molecule has 3 N–H and O–H groups in total. The molecule has 0 bridgehead atoms. The van der Waals surface area contributed by atoms with Gasteiger partial charge in [0.05, 0.1) is 0 Å². The highest BCUT2D eigenvalue weighted by molar-refractivity contribution is 5.85. The lowest BCUT2D eigenvalue weighted by Gasteiger charge is -1.87. The molecule has 0 radical (unpaired) electrons. The number of carbonyl (C=O) groups is 1. The van der Waals surface area contributed by atoms with Gasteiger partial charge in [-0.3, -0.25) is 0 Å². The van der Waals surface area contributed by atoms with Crippen LogP contribution in [0.5, 0.6) is 0 Å². The summed E-state index contributed by atoms with van der Waals surface area (Å²) < 4.78 is 0. The first-order valence-corrected chi connectivity index (χ1v) is 2.28. The van der Waals surface area contributed by atoms with Crippen LogP contribution in [0.2, 0.25) is 0 Å². The van der Waals surface area contributed by atoms with E-state index in [0.29, 0.717) is 5.57 Å². The molecule has 0 rings (SSSR count). The van der Waals surface area contributed by atoms with Crippen LogP contribution in [0.25, 0.3) is 0 Å². The maximum atomic E-state index is 9.97. The molecule has 0 aromatic heterocycles. The number of hydrogen-bond donors (Lipinski definition) is 2. The highest BCUT2D eigenvalue weighted by Crippen LogP contribution is 1.87. The lowest BCUT2D eigenvalue weighted by molar-refractivity contribution is -0.132. The zero-order valence-electron chi connectivity index (χ0n) is 4.72. The molecule has 8 heavy (non-hydrogen) atoms. The standard InChI is InChI=1S/C5H9NO2/c1-4(2-3-6)5(7)8/h2H,3,6H2,1H3,(H,7,8). The van der Waals surface area contributed by atoms with Crippen LogP contribution in [0, 0.1) is 0 Å². The fraction of sp³-hybridized carbons (Fsp3) is 0.400. The van der Waals surface area contributed by atoms with E-state index in [1.54, 1.807) is 0 Å². The Hall–Kier alpha value is -0.830. The summed E-state index contributed by atoms with van der Waals surface area (Å²) in [7, 11) is 0. The summed E-state index contributed by atoms with van der Waals surface area (Å²) in [5.41, 5.74) is 5.33. The van der Waals surface area contributed by atoms with Gasteiger partial charge in [0.15, 0.2) is 0 Å². The Morgan fingerprint density at radius 2 is 2.38 bits per heavy atom. The molecule has 0 heterocycles. The van der Waals surface area contributed by atoms with E-state index in [0.717, 1.165) is 0 Å². The van der Waals surface area contributed by atoms with Crippen molar-refractivity contribution in [1.29, 1.82) is 0 Å². The van der Waals surface area contributed by atoms with E-state index < -0.39 is 5.97 Å². The van der Waals surface area contributed by atoms with Gasteiger partial charge >= 0.3 is 5.97 Å². The zero-order valence-corrected chi connectivity index (χ0v) is 4.72. The molecule has 46 valence electrons. The third-order valence-corrected chi connectivity index (χ3v) is 0.761. The lowest BCUT2D eigenvalue weighted by atomic mass is 10.3. The second kappa shape index (κ2) is 3.21. The van der Waals surface area contributed by atoms with Crippen LogP contribution in [0.4, 0.5) is 0 Å². The monoisotopic (exact) mass is 115 g/mol. The molecule has 0 aliphatic rings. The number of hydrogen-bond acceptors (Lipinski definition) is 2. The van der Waals surface area contributed by atoms with Gasteiger partial charge in [0.1, 0.15) is 0 Å². The molecule has 0 amide bonds. The molecule has 0 spiro atoms. The molecular weight excluding hydrogens is 106 g/mol. The second-order valence-electron chi connectivity index (χ2n) is 1.43. The van der Waals surface area contributed by atoms with Gasteiger partial charge in [-0.25, -0.2) is 4.79 Å². The van der Waals surface area contributed by atoms with Crippen molar-refractivity contribution in [3.63, 3.8) is 0 Å². The normalized spacial score (nSPS) is 11.5. The summed E-state index contributed by atoms with van der Waals surface area (Å²) in [4.78, 5) is 9.97. The molecule has 0 saturated heterocycles. The first kappa shape index (κ1) is 7.17. The summed E-state index contributed by atoms with van der Waals surface area (Å²) in [6, 6.07) is 0. The first-order valence-electron chi connectivity index (χ1n) is 2.28. The van der Waals surface area contributed by atoms with E-state index in [-0.39, 0.29) is 6.54 Å². The molecule has 0 aromatic rings. The van der Waals surface area contributed by atoms with Crippen molar-refractivity contribution in [2.75, 3.05) is 6.54 Å². The van der Waals surface area contributed by atoms with Crippen molar-refractivity contribution in [2.24, 2.45) is 5.73 Å². The van der Waals surface area contributed by atoms with Crippen LogP contribution < -0.4 is 5.73 Å². The van der Waals surface area contributed by atoms with Gasteiger partial charge in [-0.2, -0.15) is 0 Å². The van der Waals surface area contributed by atoms with Crippen LogP contribution in [0.3, 0.4) is 0 Å².